The molecule has 2 atom stereocenters. The van der Waals surface area contributed by atoms with Gasteiger partial charge in [0.05, 0.1) is 5.56 Å². The standard InChI is InChI=1S/C12H12F3N3O/c13-12(14,15)6-1-2-9(17-3-6)11(19)18-10-7-4-16-5-8(7)10/h1-3,7-8,10,16H,4-5H2,(H,18,19). The number of amides is 1. The summed E-state index contributed by atoms with van der Waals surface area (Å²) in [5, 5.41) is 6.00. The minimum Gasteiger partial charge on any atom is -0.347 e. The summed E-state index contributed by atoms with van der Waals surface area (Å²) < 4.78 is 37.0. The zero-order chi connectivity index (χ0) is 13.6. The fourth-order valence-corrected chi connectivity index (χ4v) is 2.55. The zero-order valence-corrected chi connectivity index (χ0v) is 9.87. The largest absolute Gasteiger partial charge is 0.417 e. The number of alkyl halides is 3. The molecule has 1 aromatic heterocycles. The van der Waals surface area contributed by atoms with Gasteiger partial charge in [0.15, 0.2) is 0 Å². The number of rotatable bonds is 2. The summed E-state index contributed by atoms with van der Waals surface area (Å²) in [6.45, 7) is 1.77. The summed E-state index contributed by atoms with van der Waals surface area (Å²) in [6, 6.07) is 2.11. The molecule has 19 heavy (non-hydrogen) atoms. The molecule has 1 saturated heterocycles. The summed E-state index contributed by atoms with van der Waals surface area (Å²) >= 11 is 0. The van der Waals surface area contributed by atoms with Gasteiger partial charge in [-0.05, 0) is 24.0 Å². The maximum atomic E-state index is 12.3. The highest BCUT2D eigenvalue weighted by atomic mass is 19.4. The Morgan fingerprint density at radius 2 is 2.00 bits per heavy atom. The average molecular weight is 271 g/mol. The van der Waals surface area contributed by atoms with E-state index in [1.54, 1.807) is 0 Å². The van der Waals surface area contributed by atoms with Crippen LogP contribution in [0.1, 0.15) is 16.1 Å². The van der Waals surface area contributed by atoms with Gasteiger partial charge in [0.1, 0.15) is 5.69 Å². The van der Waals surface area contributed by atoms with Gasteiger partial charge in [-0.25, -0.2) is 0 Å². The maximum absolute atomic E-state index is 12.3. The molecule has 1 aliphatic heterocycles. The molecular weight excluding hydrogens is 259 g/mol. The predicted octanol–water partition coefficient (Wildman–Crippen LogP) is 1.05. The van der Waals surface area contributed by atoms with Gasteiger partial charge < -0.3 is 10.6 Å². The monoisotopic (exact) mass is 271 g/mol. The van der Waals surface area contributed by atoms with Gasteiger partial charge in [-0.3, -0.25) is 9.78 Å². The van der Waals surface area contributed by atoms with Crippen molar-refractivity contribution in [1.82, 2.24) is 15.6 Å². The van der Waals surface area contributed by atoms with E-state index in [0.717, 1.165) is 25.2 Å². The number of carbonyl (C=O) groups is 1. The topological polar surface area (TPSA) is 54.0 Å². The molecule has 2 unspecified atom stereocenters. The number of nitrogens with zero attached hydrogens (tertiary/aromatic N) is 1. The second kappa shape index (κ2) is 4.19. The van der Waals surface area contributed by atoms with E-state index in [2.05, 4.69) is 15.6 Å². The SMILES string of the molecule is O=C(NC1C2CNCC21)c1ccc(C(F)(F)F)cn1. The van der Waals surface area contributed by atoms with E-state index in [9.17, 15) is 18.0 Å². The number of aromatic nitrogens is 1. The van der Waals surface area contributed by atoms with Crippen molar-refractivity contribution in [3.63, 3.8) is 0 Å². The molecule has 0 bridgehead atoms. The van der Waals surface area contributed by atoms with Crippen LogP contribution in [0.5, 0.6) is 0 Å². The van der Waals surface area contributed by atoms with E-state index < -0.39 is 17.6 Å². The van der Waals surface area contributed by atoms with Gasteiger partial charge in [-0.1, -0.05) is 0 Å². The van der Waals surface area contributed by atoms with Gasteiger partial charge in [-0.15, -0.1) is 0 Å². The Kier molecular flexibility index (Phi) is 2.74. The van der Waals surface area contributed by atoms with Crippen molar-refractivity contribution in [3.05, 3.63) is 29.6 Å². The Morgan fingerprint density at radius 1 is 1.32 bits per heavy atom. The lowest BCUT2D eigenvalue weighted by Gasteiger charge is -2.09. The van der Waals surface area contributed by atoms with Crippen LogP contribution >= 0.6 is 0 Å². The Bertz CT molecular complexity index is 490. The molecule has 0 spiro atoms. The van der Waals surface area contributed by atoms with Crippen molar-refractivity contribution in [2.24, 2.45) is 11.8 Å². The van der Waals surface area contributed by atoms with Gasteiger partial charge in [-0.2, -0.15) is 13.2 Å². The summed E-state index contributed by atoms with van der Waals surface area (Å²) in [6.07, 6.45) is -3.74. The van der Waals surface area contributed by atoms with Crippen LogP contribution in [-0.2, 0) is 6.18 Å². The highest BCUT2D eigenvalue weighted by Crippen LogP contribution is 2.41. The molecule has 7 heteroatoms. The zero-order valence-electron chi connectivity index (χ0n) is 9.87. The fraction of sp³-hybridized carbons (Fsp3) is 0.500. The van der Waals surface area contributed by atoms with Crippen molar-refractivity contribution in [3.8, 4) is 0 Å². The smallest absolute Gasteiger partial charge is 0.347 e. The van der Waals surface area contributed by atoms with Crippen LogP contribution in [0.25, 0.3) is 0 Å². The number of pyridine rings is 1. The van der Waals surface area contributed by atoms with E-state index >= 15 is 0 Å². The number of fused-ring (bicyclic) bond motifs is 1. The number of hydrogen-bond acceptors (Lipinski definition) is 3. The van der Waals surface area contributed by atoms with Crippen molar-refractivity contribution in [1.29, 1.82) is 0 Å². The van der Waals surface area contributed by atoms with Gasteiger partial charge in [0, 0.05) is 25.3 Å². The van der Waals surface area contributed by atoms with Crippen LogP contribution in [0.4, 0.5) is 13.2 Å². The molecule has 102 valence electrons. The van der Waals surface area contributed by atoms with Crippen molar-refractivity contribution in [2.45, 2.75) is 12.2 Å². The van der Waals surface area contributed by atoms with E-state index in [1.807, 2.05) is 0 Å². The summed E-state index contributed by atoms with van der Waals surface area (Å²) in [4.78, 5) is 15.4. The summed E-state index contributed by atoms with van der Waals surface area (Å²) in [5.74, 6) is 0.505. The van der Waals surface area contributed by atoms with Crippen LogP contribution < -0.4 is 10.6 Å². The first-order valence-electron chi connectivity index (χ1n) is 6.01. The number of piperidine rings is 1. The lowest BCUT2D eigenvalue weighted by atomic mass is 10.2. The molecule has 1 aliphatic carbocycles. The normalized spacial score (nSPS) is 28.9. The van der Waals surface area contributed by atoms with Gasteiger partial charge >= 0.3 is 6.18 Å². The highest BCUT2D eigenvalue weighted by molar-refractivity contribution is 5.92. The van der Waals surface area contributed by atoms with Crippen LogP contribution in [0, 0.1) is 11.8 Å². The first-order chi connectivity index (χ1) is 8.97. The van der Waals surface area contributed by atoms with E-state index in [1.165, 1.54) is 0 Å². The molecule has 0 radical (unpaired) electrons. The Morgan fingerprint density at radius 3 is 2.53 bits per heavy atom. The Hall–Kier alpha value is -1.63. The second-order valence-electron chi connectivity index (χ2n) is 4.92. The minimum atomic E-state index is -4.43. The Labute approximate surface area is 107 Å². The van der Waals surface area contributed by atoms with E-state index in [-0.39, 0.29) is 11.7 Å². The molecule has 2 heterocycles. The number of carbonyl (C=O) groups excluding carboxylic acids is 1. The molecule has 1 amide bonds. The van der Waals surface area contributed by atoms with Crippen LogP contribution in [0.3, 0.4) is 0 Å². The van der Waals surface area contributed by atoms with E-state index in [0.29, 0.717) is 18.0 Å². The molecule has 4 nitrogen and oxygen atoms in total. The number of nitrogens with one attached hydrogen (secondary N) is 2. The highest BCUT2D eigenvalue weighted by Gasteiger charge is 2.53. The fourth-order valence-electron chi connectivity index (χ4n) is 2.55. The third-order valence-electron chi connectivity index (χ3n) is 3.71. The molecule has 1 saturated carbocycles. The third kappa shape index (κ3) is 2.30. The van der Waals surface area contributed by atoms with Crippen molar-refractivity contribution in [2.75, 3.05) is 13.1 Å². The molecule has 2 aliphatic rings. The number of hydrogen-bond donors (Lipinski definition) is 2. The van der Waals surface area contributed by atoms with Crippen LogP contribution in [0.2, 0.25) is 0 Å². The predicted molar refractivity (Wildman–Crippen MR) is 60.3 cm³/mol. The summed E-state index contributed by atoms with van der Waals surface area (Å²) in [5.41, 5.74) is -0.831. The molecular formula is C12H12F3N3O. The van der Waals surface area contributed by atoms with E-state index in [4.69, 9.17) is 0 Å². The third-order valence-corrected chi connectivity index (χ3v) is 3.71. The van der Waals surface area contributed by atoms with Crippen LogP contribution in [0.15, 0.2) is 18.3 Å². The first kappa shape index (κ1) is 12.4. The minimum absolute atomic E-state index is 0.0194. The molecule has 2 fully saturated rings. The molecule has 2 N–H and O–H groups in total. The lowest BCUT2D eigenvalue weighted by Crippen LogP contribution is -2.33. The second-order valence-corrected chi connectivity index (χ2v) is 4.92. The lowest BCUT2D eigenvalue weighted by molar-refractivity contribution is -0.137. The van der Waals surface area contributed by atoms with Crippen LogP contribution in [-0.4, -0.2) is 30.0 Å². The molecule has 0 aromatic carbocycles. The number of halogens is 3. The van der Waals surface area contributed by atoms with Gasteiger partial charge in [0.2, 0.25) is 0 Å². The average Bonchev–Trinajstić information content (AvgIpc) is 2.81. The molecule has 1 aromatic rings. The maximum Gasteiger partial charge on any atom is 0.417 e. The summed E-state index contributed by atoms with van der Waals surface area (Å²) in [7, 11) is 0. The molecule has 3 rings (SSSR count). The van der Waals surface area contributed by atoms with Crippen molar-refractivity contribution < 1.29 is 18.0 Å². The quantitative estimate of drug-likeness (QED) is 0.845. The van der Waals surface area contributed by atoms with Crippen molar-refractivity contribution >= 4 is 5.91 Å². The Balaban J connectivity index is 1.64. The van der Waals surface area contributed by atoms with Gasteiger partial charge in [0.25, 0.3) is 5.91 Å². The first-order valence-corrected chi connectivity index (χ1v) is 6.01.